The van der Waals surface area contributed by atoms with Crippen LogP contribution in [0.5, 0.6) is 0 Å². The largest absolute Gasteiger partial charge is 0.352 e. The van der Waals surface area contributed by atoms with Crippen molar-refractivity contribution >= 4 is 45.0 Å². The van der Waals surface area contributed by atoms with E-state index in [2.05, 4.69) is 30.0 Å². The maximum Gasteiger partial charge on any atom is 0.169 e. The molecule has 12 heteroatoms. The van der Waals surface area contributed by atoms with Crippen molar-refractivity contribution in [2.45, 2.75) is 13.0 Å². The van der Waals surface area contributed by atoms with Gasteiger partial charge in [0.15, 0.2) is 17.3 Å². The average Bonchev–Trinajstić information content (AvgIpc) is 3.64. The summed E-state index contributed by atoms with van der Waals surface area (Å²) in [6, 6.07) is 9.57. The van der Waals surface area contributed by atoms with Crippen LogP contribution in [0, 0.1) is 0 Å². The first-order chi connectivity index (χ1) is 18.0. The second-order valence-corrected chi connectivity index (χ2v) is 10.0. The molecule has 0 unspecified atom stereocenters. The fourth-order valence-corrected chi connectivity index (χ4v) is 5.32. The molecule has 0 radical (unpaired) electrons. The van der Waals surface area contributed by atoms with E-state index in [9.17, 15) is 4.79 Å². The Kier molecular flexibility index (Phi) is 4.84. The molecular weight excluding hydrogens is 488 g/mol. The number of nitrogens with two attached hydrogens (primary N) is 1. The van der Waals surface area contributed by atoms with Crippen LogP contribution in [0.3, 0.4) is 0 Å². The van der Waals surface area contributed by atoms with E-state index >= 15 is 0 Å². The van der Waals surface area contributed by atoms with Gasteiger partial charge in [0.2, 0.25) is 0 Å². The number of carbonyl (C=O) groups excluding carboxylic acids is 1. The van der Waals surface area contributed by atoms with E-state index in [4.69, 9.17) is 20.7 Å². The van der Waals surface area contributed by atoms with Crippen molar-refractivity contribution < 1.29 is 4.79 Å². The van der Waals surface area contributed by atoms with E-state index in [-0.39, 0.29) is 11.8 Å². The molecule has 0 saturated carbocycles. The number of thiophene rings is 1. The van der Waals surface area contributed by atoms with Gasteiger partial charge in [-0.1, -0.05) is 0 Å². The lowest BCUT2D eigenvalue weighted by atomic mass is 10.1. The first kappa shape index (κ1) is 21.7. The zero-order chi connectivity index (χ0) is 25.1. The number of ketones is 1. The van der Waals surface area contributed by atoms with Crippen LogP contribution in [-0.2, 0) is 0 Å². The van der Waals surface area contributed by atoms with Gasteiger partial charge in [-0.15, -0.1) is 11.3 Å². The van der Waals surface area contributed by atoms with Crippen molar-refractivity contribution in [2.24, 2.45) is 5.73 Å². The highest BCUT2D eigenvalue weighted by atomic mass is 32.1. The van der Waals surface area contributed by atoms with E-state index in [1.54, 1.807) is 25.5 Å². The van der Waals surface area contributed by atoms with Crippen LogP contribution in [0.4, 0.5) is 5.82 Å². The summed E-state index contributed by atoms with van der Waals surface area (Å²) in [5.41, 5.74) is 11.5. The molecule has 0 bridgehead atoms. The Morgan fingerprint density at radius 3 is 2.68 bits per heavy atom. The number of hydrogen-bond acceptors (Lipinski definition) is 10. The quantitative estimate of drug-likeness (QED) is 0.297. The van der Waals surface area contributed by atoms with E-state index in [0.29, 0.717) is 44.5 Å². The van der Waals surface area contributed by atoms with Crippen LogP contribution < -0.4 is 10.6 Å². The van der Waals surface area contributed by atoms with Gasteiger partial charge < -0.3 is 15.6 Å². The number of rotatable bonds is 5. The molecule has 6 aromatic rings. The smallest absolute Gasteiger partial charge is 0.169 e. The summed E-state index contributed by atoms with van der Waals surface area (Å²) in [7, 11) is 0. The predicted molar refractivity (Wildman–Crippen MR) is 141 cm³/mol. The molecule has 1 fully saturated rings. The predicted octanol–water partition coefficient (Wildman–Crippen LogP) is 3.43. The molecular formula is C25H20N10OS. The average molecular weight is 509 g/mol. The standard InChI is InChI=1S/C25H20N10OS/c1-12(36)18-4-5-19(37-18)23-21-15(6-7-28-23)31-25(32-21)24-22-16(33-34-24)3-2-14(30-22)17-8-27-9-20(29-17)35-10-13(26)11-35/h2-9,13H,10-11,26H2,1H3,(H,31,32)(H,33,34). The van der Waals surface area contributed by atoms with Crippen LogP contribution in [0.1, 0.15) is 16.6 Å². The van der Waals surface area contributed by atoms with E-state index in [0.717, 1.165) is 34.8 Å². The molecule has 0 aliphatic carbocycles. The van der Waals surface area contributed by atoms with Crippen molar-refractivity contribution in [1.82, 2.24) is 40.1 Å². The summed E-state index contributed by atoms with van der Waals surface area (Å²) >= 11 is 1.40. The maximum absolute atomic E-state index is 11.8. The first-order valence-corrected chi connectivity index (χ1v) is 12.5. The zero-order valence-corrected chi connectivity index (χ0v) is 20.5. The molecule has 4 N–H and O–H groups in total. The molecule has 11 nitrogen and oxygen atoms in total. The number of fused-ring (bicyclic) bond motifs is 2. The number of imidazole rings is 1. The Hall–Kier alpha value is -4.55. The number of Topliss-reactive ketones (excluding diaryl/α,β-unsaturated/α-hetero) is 1. The number of carbonyl (C=O) groups is 1. The molecule has 0 atom stereocenters. The summed E-state index contributed by atoms with van der Waals surface area (Å²) in [4.78, 5) is 42.1. The fourth-order valence-electron chi connectivity index (χ4n) is 4.42. The van der Waals surface area contributed by atoms with Gasteiger partial charge in [0.25, 0.3) is 0 Å². The van der Waals surface area contributed by atoms with Crippen molar-refractivity contribution in [3.63, 3.8) is 0 Å². The number of pyridine rings is 2. The minimum absolute atomic E-state index is 0.0275. The Balaban J connectivity index is 1.29. The van der Waals surface area contributed by atoms with Gasteiger partial charge in [-0.25, -0.2) is 15.0 Å². The van der Waals surface area contributed by atoms with Gasteiger partial charge >= 0.3 is 0 Å². The van der Waals surface area contributed by atoms with Crippen molar-refractivity contribution in [3.05, 3.63) is 53.8 Å². The molecule has 37 heavy (non-hydrogen) atoms. The van der Waals surface area contributed by atoms with Gasteiger partial charge in [-0.2, -0.15) is 5.10 Å². The Labute approximate surface area is 213 Å². The number of nitrogens with zero attached hydrogens (tertiary/aromatic N) is 7. The highest BCUT2D eigenvalue weighted by Crippen LogP contribution is 2.34. The van der Waals surface area contributed by atoms with E-state index in [1.165, 1.54) is 11.3 Å². The molecule has 7 heterocycles. The van der Waals surface area contributed by atoms with Gasteiger partial charge in [-0.3, -0.25) is 19.9 Å². The monoisotopic (exact) mass is 508 g/mol. The number of hydrogen-bond donors (Lipinski definition) is 3. The number of anilines is 1. The third kappa shape index (κ3) is 3.65. The summed E-state index contributed by atoms with van der Waals surface area (Å²) < 4.78 is 0. The van der Waals surface area contributed by atoms with Crippen LogP contribution in [0.25, 0.3) is 55.5 Å². The molecule has 0 aromatic carbocycles. The van der Waals surface area contributed by atoms with Crippen molar-refractivity contribution in [2.75, 3.05) is 18.0 Å². The summed E-state index contributed by atoms with van der Waals surface area (Å²) in [6.45, 7) is 3.09. The van der Waals surface area contributed by atoms with Gasteiger partial charge in [0, 0.05) is 25.3 Å². The summed E-state index contributed by atoms with van der Waals surface area (Å²) in [5.74, 6) is 1.38. The molecule has 1 aliphatic heterocycles. The maximum atomic E-state index is 11.8. The second-order valence-electron chi connectivity index (χ2n) is 8.95. The van der Waals surface area contributed by atoms with Crippen LogP contribution >= 0.6 is 11.3 Å². The zero-order valence-electron chi connectivity index (χ0n) is 19.6. The third-order valence-electron chi connectivity index (χ3n) is 6.34. The first-order valence-electron chi connectivity index (χ1n) is 11.7. The fraction of sp³-hybridized carbons (Fsp3) is 0.160. The summed E-state index contributed by atoms with van der Waals surface area (Å²) in [5, 5.41) is 7.54. The lowest BCUT2D eigenvalue weighted by molar-refractivity contribution is 0.102. The number of nitrogens with one attached hydrogen (secondary N) is 2. The highest BCUT2D eigenvalue weighted by Gasteiger charge is 2.25. The van der Waals surface area contributed by atoms with Crippen LogP contribution in [-0.4, -0.2) is 65.0 Å². The molecule has 1 saturated heterocycles. The highest BCUT2D eigenvalue weighted by molar-refractivity contribution is 7.17. The number of H-pyrrole nitrogens is 2. The normalized spacial score (nSPS) is 13.9. The SMILES string of the molecule is CC(=O)c1ccc(-c2nccc3[nH]c(-c4n[nH]c5ccc(-c6cncc(N7CC(N)C7)n6)nc45)nc23)s1. The molecule has 182 valence electrons. The topological polar surface area (TPSA) is 155 Å². The molecule has 1 aliphatic rings. The lowest BCUT2D eigenvalue weighted by Crippen LogP contribution is -2.56. The Bertz CT molecular complexity index is 1810. The minimum Gasteiger partial charge on any atom is -0.352 e. The number of aromatic amines is 2. The van der Waals surface area contributed by atoms with Gasteiger partial charge in [-0.05, 0) is 37.3 Å². The Morgan fingerprint density at radius 2 is 1.86 bits per heavy atom. The van der Waals surface area contributed by atoms with Crippen LogP contribution in [0.15, 0.2) is 48.9 Å². The molecule has 6 aromatic heterocycles. The third-order valence-corrected chi connectivity index (χ3v) is 7.53. The van der Waals surface area contributed by atoms with Gasteiger partial charge in [0.05, 0.1) is 38.9 Å². The Morgan fingerprint density at radius 1 is 1.00 bits per heavy atom. The molecule has 0 spiro atoms. The van der Waals surface area contributed by atoms with Crippen molar-refractivity contribution in [1.29, 1.82) is 0 Å². The molecule has 7 rings (SSSR count). The molecule has 0 amide bonds. The second kappa shape index (κ2) is 8.25. The summed E-state index contributed by atoms with van der Waals surface area (Å²) in [6.07, 6.45) is 5.17. The number of aromatic nitrogens is 8. The lowest BCUT2D eigenvalue weighted by Gasteiger charge is -2.37. The van der Waals surface area contributed by atoms with E-state index in [1.807, 2.05) is 30.3 Å². The van der Waals surface area contributed by atoms with Gasteiger partial charge in [0.1, 0.15) is 28.2 Å². The minimum atomic E-state index is 0.0275. The van der Waals surface area contributed by atoms with Crippen LogP contribution in [0.2, 0.25) is 0 Å². The van der Waals surface area contributed by atoms with Crippen molar-refractivity contribution in [3.8, 4) is 33.5 Å². The van der Waals surface area contributed by atoms with E-state index < -0.39 is 0 Å².